The van der Waals surface area contributed by atoms with Gasteiger partial charge < -0.3 is 15.0 Å². The quantitative estimate of drug-likeness (QED) is 0.599. The van der Waals surface area contributed by atoms with Gasteiger partial charge in [-0.3, -0.25) is 14.7 Å². The molecule has 0 saturated carbocycles. The molecule has 0 bridgehead atoms. The third kappa shape index (κ3) is 4.28. The molecule has 31 heavy (non-hydrogen) atoms. The summed E-state index contributed by atoms with van der Waals surface area (Å²) < 4.78 is 5.15. The molecule has 1 fully saturated rings. The number of anilines is 1. The fourth-order valence-electron chi connectivity index (χ4n) is 3.61. The first-order valence-corrected chi connectivity index (χ1v) is 10.2. The van der Waals surface area contributed by atoms with E-state index < -0.39 is 5.92 Å². The van der Waals surface area contributed by atoms with E-state index in [-0.39, 0.29) is 18.4 Å². The number of aromatic nitrogens is 3. The topological polar surface area (TPSA) is 100 Å². The Morgan fingerprint density at radius 1 is 1.19 bits per heavy atom. The molecule has 1 aromatic heterocycles. The molecule has 1 atom stereocenters. The van der Waals surface area contributed by atoms with Crippen LogP contribution in [-0.2, 0) is 16.1 Å². The second-order valence-electron chi connectivity index (χ2n) is 7.65. The van der Waals surface area contributed by atoms with Crippen molar-refractivity contribution in [1.82, 2.24) is 20.5 Å². The summed E-state index contributed by atoms with van der Waals surface area (Å²) in [5.41, 5.74) is 3.97. The van der Waals surface area contributed by atoms with Crippen molar-refractivity contribution in [3.8, 4) is 17.1 Å². The van der Waals surface area contributed by atoms with Crippen molar-refractivity contribution in [2.75, 3.05) is 18.6 Å². The zero-order valence-electron chi connectivity index (χ0n) is 17.8. The van der Waals surface area contributed by atoms with Gasteiger partial charge in [0.1, 0.15) is 17.5 Å². The van der Waals surface area contributed by atoms with Crippen LogP contribution in [0.5, 0.6) is 5.75 Å². The van der Waals surface area contributed by atoms with Crippen LogP contribution >= 0.6 is 0 Å². The summed E-state index contributed by atoms with van der Waals surface area (Å²) >= 11 is 0. The molecule has 0 spiro atoms. The molecule has 8 nitrogen and oxygen atoms in total. The van der Waals surface area contributed by atoms with Crippen LogP contribution in [0.4, 0.5) is 5.69 Å². The number of ether oxygens (including phenoxy) is 1. The van der Waals surface area contributed by atoms with Crippen LogP contribution in [0.2, 0.25) is 0 Å². The Labute approximate surface area is 180 Å². The van der Waals surface area contributed by atoms with Crippen LogP contribution in [0, 0.1) is 19.8 Å². The van der Waals surface area contributed by atoms with Gasteiger partial charge in [-0.1, -0.05) is 6.07 Å². The molecule has 2 heterocycles. The lowest BCUT2D eigenvalue weighted by Gasteiger charge is -2.18. The zero-order valence-corrected chi connectivity index (χ0v) is 17.8. The number of aromatic amines is 1. The lowest BCUT2D eigenvalue weighted by molar-refractivity contribution is -0.132. The molecule has 4 rings (SSSR count). The van der Waals surface area contributed by atoms with Crippen LogP contribution in [0.15, 0.2) is 42.5 Å². The molecular weight excluding hydrogens is 394 g/mol. The van der Waals surface area contributed by atoms with E-state index >= 15 is 0 Å². The Morgan fingerprint density at radius 3 is 2.68 bits per heavy atom. The van der Waals surface area contributed by atoms with Crippen molar-refractivity contribution < 1.29 is 14.3 Å². The monoisotopic (exact) mass is 419 g/mol. The zero-order chi connectivity index (χ0) is 22.0. The molecule has 2 aromatic carbocycles. The van der Waals surface area contributed by atoms with Crippen LogP contribution in [0.25, 0.3) is 11.4 Å². The van der Waals surface area contributed by atoms with Gasteiger partial charge in [-0.25, -0.2) is 4.98 Å². The standard InChI is InChI=1S/C23H25N5O3/c1-14-4-7-17(12-15(14)2)28-11-10-19(23(28)30)22(29)24-13-20-25-21(27-26-20)16-5-8-18(31-3)9-6-16/h4-9,12,19H,10-11,13H2,1-3H3,(H,24,29)(H,25,26,27). The minimum atomic E-state index is -0.689. The van der Waals surface area contributed by atoms with Gasteiger partial charge in [0.25, 0.3) is 0 Å². The lowest BCUT2D eigenvalue weighted by atomic mass is 10.1. The maximum atomic E-state index is 12.8. The van der Waals surface area contributed by atoms with Gasteiger partial charge in [0, 0.05) is 17.8 Å². The molecule has 1 aliphatic rings. The van der Waals surface area contributed by atoms with E-state index in [9.17, 15) is 9.59 Å². The summed E-state index contributed by atoms with van der Waals surface area (Å²) in [5.74, 6) is 0.657. The van der Waals surface area contributed by atoms with Crippen molar-refractivity contribution in [2.24, 2.45) is 5.92 Å². The van der Waals surface area contributed by atoms with Gasteiger partial charge in [0.05, 0.1) is 13.7 Å². The van der Waals surface area contributed by atoms with E-state index in [2.05, 4.69) is 20.5 Å². The van der Waals surface area contributed by atoms with E-state index in [0.29, 0.717) is 24.6 Å². The molecule has 2 amide bonds. The first-order valence-electron chi connectivity index (χ1n) is 10.2. The summed E-state index contributed by atoms with van der Waals surface area (Å²) in [7, 11) is 1.61. The first kappa shape index (κ1) is 20.6. The molecular formula is C23H25N5O3. The van der Waals surface area contributed by atoms with Crippen molar-refractivity contribution in [2.45, 2.75) is 26.8 Å². The smallest absolute Gasteiger partial charge is 0.239 e. The predicted octanol–water partition coefficient (Wildman–Crippen LogP) is 2.77. The molecule has 3 aromatic rings. The van der Waals surface area contributed by atoms with Gasteiger partial charge in [0.15, 0.2) is 5.82 Å². The number of nitrogens with zero attached hydrogens (tertiary/aromatic N) is 3. The van der Waals surface area contributed by atoms with Gasteiger partial charge in [-0.05, 0) is 67.8 Å². The van der Waals surface area contributed by atoms with Crippen molar-refractivity contribution in [3.63, 3.8) is 0 Å². The van der Waals surface area contributed by atoms with E-state index in [0.717, 1.165) is 22.6 Å². The maximum Gasteiger partial charge on any atom is 0.239 e. The second kappa shape index (κ2) is 8.59. The number of rotatable bonds is 6. The highest BCUT2D eigenvalue weighted by Gasteiger charge is 2.37. The number of carbonyl (C=O) groups excluding carboxylic acids is 2. The summed E-state index contributed by atoms with van der Waals surface area (Å²) in [6.07, 6.45) is 0.491. The third-order valence-electron chi connectivity index (χ3n) is 5.63. The van der Waals surface area contributed by atoms with E-state index in [4.69, 9.17) is 4.74 Å². The average molecular weight is 419 g/mol. The normalized spacial score (nSPS) is 15.9. The largest absolute Gasteiger partial charge is 0.497 e. The second-order valence-corrected chi connectivity index (χ2v) is 7.65. The highest BCUT2D eigenvalue weighted by atomic mass is 16.5. The number of nitrogens with one attached hydrogen (secondary N) is 2. The molecule has 2 N–H and O–H groups in total. The van der Waals surface area contributed by atoms with Gasteiger partial charge in [-0.2, -0.15) is 5.10 Å². The highest BCUT2D eigenvalue weighted by molar-refractivity contribution is 6.09. The predicted molar refractivity (Wildman–Crippen MR) is 117 cm³/mol. The summed E-state index contributed by atoms with van der Waals surface area (Å²) in [6.45, 7) is 4.75. The first-order chi connectivity index (χ1) is 15.0. The fourth-order valence-corrected chi connectivity index (χ4v) is 3.61. The Hall–Kier alpha value is -3.68. The Kier molecular flexibility index (Phi) is 5.70. The van der Waals surface area contributed by atoms with Crippen LogP contribution < -0.4 is 15.0 Å². The SMILES string of the molecule is COc1ccc(-c2n[nH]c(CNC(=O)C3CCN(c4ccc(C)c(C)c4)C3=O)n2)cc1. The number of methoxy groups -OCH3 is 1. The molecule has 0 aliphatic carbocycles. The lowest BCUT2D eigenvalue weighted by Crippen LogP contribution is -2.36. The summed E-state index contributed by atoms with van der Waals surface area (Å²) in [6, 6.07) is 13.3. The average Bonchev–Trinajstić information content (AvgIpc) is 3.41. The molecule has 1 unspecified atom stereocenters. The van der Waals surface area contributed by atoms with Gasteiger partial charge in [-0.15, -0.1) is 0 Å². The number of hydrogen-bond acceptors (Lipinski definition) is 5. The fraction of sp³-hybridized carbons (Fsp3) is 0.304. The molecule has 160 valence electrons. The number of aryl methyl sites for hydroxylation is 2. The number of H-pyrrole nitrogens is 1. The highest BCUT2D eigenvalue weighted by Crippen LogP contribution is 2.27. The molecule has 1 saturated heterocycles. The molecule has 0 radical (unpaired) electrons. The third-order valence-corrected chi connectivity index (χ3v) is 5.63. The van der Waals surface area contributed by atoms with Gasteiger partial charge in [0.2, 0.25) is 11.8 Å². The van der Waals surface area contributed by atoms with Crippen molar-refractivity contribution in [1.29, 1.82) is 0 Å². The number of hydrogen-bond donors (Lipinski definition) is 2. The Morgan fingerprint density at radius 2 is 1.97 bits per heavy atom. The maximum absolute atomic E-state index is 12.8. The minimum absolute atomic E-state index is 0.169. The van der Waals surface area contributed by atoms with Crippen LogP contribution in [0.3, 0.4) is 0 Å². The van der Waals surface area contributed by atoms with Gasteiger partial charge >= 0.3 is 0 Å². The number of amides is 2. The van der Waals surface area contributed by atoms with E-state index in [1.165, 1.54) is 5.56 Å². The van der Waals surface area contributed by atoms with E-state index in [1.807, 2.05) is 56.3 Å². The summed E-state index contributed by atoms with van der Waals surface area (Å²) in [4.78, 5) is 31.6. The van der Waals surface area contributed by atoms with E-state index in [1.54, 1.807) is 12.0 Å². The van der Waals surface area contributed by atoms with Crippen LogP contribution in [0.1, 0.15) is 23.4 Å². The molecule has 8 heteroatoms. The Balaban J connectivity index is 1.36. The van der Waals surface area contributed by atoms with Crippen molar-refractivity contribution >= 4 is 17.5 Å². The van der Waals surface area contributed by atoms with Crippen LogP contribution in [-0.4, -0.2) is 40.7 Å². The summed E-state index contributed by atoms with van der Waals surface area (Å²) in [5, 5.41) is 9.84. The molecule has 1 aliphatic heterocycles. The number of carbonyl (C=O) groups is 2. The minimum Gasteiger partial charge on any atom is -0.497 e. The number of benzene rings is 2. The Bertz CT molecular complexity index is 1110. The van der Waals surface area contributed by atoms with Crippen molar-refractivity contribution in [3.05, 3.63) is 59.4 Å².